The molecule has 0 bridgehead atoms. The van der Waals surface area contributed by atoms with Gasteiger partial charge in [0.2, 0.25) is 6.29 Å². The topological polar surface area (TPSA) is 69.6 Å². The van der Waals surface area contributed by atoms with Gasteiger partial charge in [-0.25, -0.2) is 0 Å². The summed E-state index contributed by atoms with van der Waals surface area (Å²) in [6.07, 6.45) is 1.74. The first-order valence-electron chi connectivity index (χ1n) is 3.79. The molecule has 13 heavy (non-hydrogen) atoms. The number of anilines is 1. The molecule has 0 heterocycles. The number of benzene rings is 1. The van der Waals surface area contributed by atoms with Crippen molar-refractivity contribution in [3.63, 3.8) is 0 Å². The monoisotopic (exact) mass is 180 g/mol. The fourth-order valence-corrected chi connectivity index (χ4v) is 0.893. The molecule has 0 fully saturated rings. The highest BCUT2D eigenvalue weighted by Crippen LogP contribution is 2.27. The second-order valence-electron chi connectivity index (χ2n) is 2.69. The van der Waals surface area contributed by atoms with Crippen LogP contribution in [0.3, 0.4) is 0 Å². The lowest BCUT2D eigenvalue weighted by Gasteiger charge is -2.08. The number of aromatic hydroxyl groups is 2. The molecule has 1 rings (SSSR count). The van der Waals surface area contributed by atoms with Crippen molar-refractivity contribution >= 4 is 12.0 Å². The zero-order valence-corrected chi connectivity index (χ0v) is 7.11. The van der Waals surface area contributed by atoms with E-state index in [0.717, 1.165) is 0 Å². The Morgan fingerprint density at radius 3 is 2.62 bits per heavy atom. The molecule has 0 aromatic heterocycles. The predicted molar refractivity (Wildman–Crippen MR) is 48.5 cm³/mol. The Morgan fingerprint density at radius 2 is 2.08 bits per heavy atom. The van der Waals surface area contributed by atoms with Crippen LogP contribution in [0.25, 0.3) is 0 Å². The van der Waals surface area contributed by atoms with Crippen LogP contribution in [0.15, 0.2) is 18.2 Å². The third-order valence-corrected chi connectivity index (χ3v) is 1.54. The van der Waals surface area contributed by atoms with E-state index in [4.69, 9.17) is 10.2 Å². The maximum Gasteiger partial charge on any atom is 0.222 e. The number of hydrogen-bond donors (Lipinski definition) is 3. The van der Waals surface area contributed by atoms with E-state index in [0.29, 0.717) is 5.69 Å². The van der Waals surface area contributed by atoms with Gasteiger partial charge in [-0.2, -0.15) is 0 Å². The van der Waals surface area contributed by atoms with Gasteiger partial charge in [0.15, 0.2) is 11.5 Å². The zero-order chi connectivity index (χ0) is 9.84. The lowest BCUT2D eigenvalue weighted by Crippen LogP contribution is -2.15. The molecule has 0 aliphatic heterocycles. The van der Waals surface area contributed by atoms with E-state index in [1.807, 2.05) is 0 Å². The Kier molecular flexibility index (Phi) is 2.74. The van der Waals surface area contributed by atoms with Gasteiger partial charge >= 0.3 is 0 Å². The maximum absolute atomic E-state index is 10.2. The van der Waals surface area contributed by atoms with Gasteiger partial charge < -0.3 is 15.5 Å². The summed E-state index contributed by atoms with van der Waals surface area (Å²) >= 11 is 0. The molecule has 0 aliphatic carbocycles. The number of rotatable bonds is 3. The molecule has 0 saturated carbocycles. The Hall–Kier alpha value is -1.71. The second kappa shape index (κ2) is 3.80. The van der Waals surface area contributed by atoms with Gasteiger partial charge in [0.1, 0.15) is 0 Å². The Balaban J connectivity index is 2.79. The quantitative estimate of drug-likeness (QED) is 0.479. The van der Waals surface area contributed by atoms with Crippen LogP contribution in [0.1, 0.15) is 6.92 Å². The standard InChI is InChI=1S/C9H10NO3/c1-6(5-11)10-7-2-3-8(12)9(13)4-7/h2-4,6,10,12-13H,1H3/t6-/m0/s1. The molecule has 1 radical (unpaired) electrons. The smallest absolute Gasteiger partial charge is 0.222 e. The van der Waals surface area contributed by atoms with Crippen LogP contribution in [0, 0.1) is 0 Å². The molecule has 0 spiro atoms. The molecule has 1 aromatic carbocycles. The molecular formula is C9H10NO3. The van der Waals surface area contributed by atoms with Crippen molar-refractivity contribution in [2.75, 3.05) is 5.32 Å². The van der Waals surface area contributed by atoms with Crippen molar-refractivity contribution < 1.29 is 15.0 Å². The molecule has 1 aromatic rings. The lowest BCUT2D eigenvalue weighted by molar-refractivity contribution is 0.404. The van der Waals surface area contributed by atoms with E-state index >= 15 is 0 Å². The molecule has 3 N–H and O–H groups in total. The number of phenols is 2. The van der Waals surface area contributed by atoms with Crippen LogP contribution in [-0.4, -0.2) is 22.5 Å². The summed E-state index contributed by atoms with van der Waals surface area (Å²) in [6, 6.07) is 3.80. The third kappa shape index (κ3) is 2.37. The van der Waals surface area contributed by atoms with Gasteiger partial charge in [-0.1, -0.05) is 0 Å². The van der Waals surface area contributed by atoms with Crippen LogP contribution in [-0.2, 0) is 4.79 Å². The largest absolute Gasteiger partial charge is 0.504 e. The van der Waals surface area contributed by atoms with Gasteiger partial charge in [0, 0.05) is 11.8 Å². The van der Waals surface area contributed by atoms with Crippen molar-refractivity contribution in [3.8, 4) is 11.5 Å². The van der Waals surface area contributed by atoms with Gasteiger partial charge in [-0.3, -0.25) is 4.79 Å². The number of nitrogens with one attached hydrogen (secondary N) is 1. The number of carbonyl (C=O) groups excluding carboxylic acids is 1. The van der Waals surface area contributed by atoms with Crippen molar-refractivity contribution in [1.82, 2.24) is 0 Å². The molecule has 4 nitrogen and oxygen atoms in total. The van der Waals surface area contributed by atoms with E-state index in [1.165, 1.54) is 12.1 Å². The van der Waals surface area contributed by atoms with Crippen LogP contribution < -0.4 is 5.32 Å². The predicted octanol–water partition coefficient (Wildman–Crippen LogP) is 1.01. The minimum atomic E-state index is -0.441. The van der Waals surface area contributed by atoms with E-state index in [2.05, 4.69) is 5.32 Å². The minimum absolute atomic E-state index is 0.187. The van der Waals surface area contributed by atoms with Crippen LogP contribution in [0.2, 0.25) is 0 Å². The summed E-state index contributed by atoms with van der Waals surface area (Å²) in [4.78, 5) is 10.2. The molecule has 1 atom stereocenters. The van der Waals surface area contributed by atoms with Gasteiger partial charge in [0.05, 0.1) is 6.04 Å². The van der Waals surface area contributed by atoms with E-state index in [9.17, 15) is 4.79 Å². The van der Waals surface area contributed by atoms with Gasteiger partial charge in [-0.15, -0.1) is 0 Å². The van der Waals surface area contributed by atoms with E-state index < -0.39 is 6.04 Å². The van der Waals surface area contributed by atoms with Crippen LogP contribution in [0.4, 0.5) is 5.69 Å². The summed E-state index contributed by atoms with van der Waals surface area (Å²) < 4.78 is 0. The van der Waals surface area contributed by atoms with Crippen molar-refractivity contribution in [3.05, 3.63) is 18.2 Å². The second-order valence-corrected chi connectivity index (χ2v) is 2.69. The number of hydrogen-bond acceptors (Lipinski definition) is 4. The summed E-state index contributed by atoms with van der Waals surface area (Å²) in [6.45, 7) is 1.64. The molecule has 69 valence electrons. The molecule has 0 unspecified atom stereocenters. The van der Waals surface area contributed by atoms with Gasteiger partial charge in [0.25, 0.3) is 0 Å². The fourth-order valence-electron chi connectivity index (χ4n) is 0.893. The first-order chi connectivity index (χ1) is 6.13. The van der Waals surface area contributed by atoms with E-state index in [1.54, 1.807) is 19.3 Å². The van der Waals surface area contributed by atoms with Crippen LogP contribution in [0.5, 0.6) is 11.5 Å². The molecule has 0 saturated heterocycles. The summed E-state index contributed by atoms with van der Waals surface area (Å²) in [5.74, 6) is -0.406. The average molecular weight is 180 g/mol. The molecule has 0 amide bonds. The van der Waals surface area contributed by atoms with Crippen molar-refractivity contribution in [1.29, 1.82) is 0 Å². The van der Waals surface area contributed by atoms with Gasteiger partial charge in [-0.05, 0) is 19.1 Å². The Labute approximate surface area is 75.8 Å². The molecule has 4 heteroatoms. The first-order valence-corrected chi connectivity index (χ1v) is 3.79. The summed E-state index contributed by atoms with van der Waals surface area (Å²) in [5.41, 5.74) is 0.561. The zero-order valence-electron chi connectivity index (χ0n) is 7.11. The highest BCUT2D eigenvalue weighted by atomic mass is 16.3. The highest BCUT2D eigenvalue weighted by molar-refractivity contribution is 5.65. The molecular weight excluding hydrogens is 170 g/mol. The normalized spacial score (nSPS) is 12.1. The van der Waals surface area contributed by atoms with Crippen molar-refractivity contribution in [2.24, 2.45) is 0 Å². The SMILES string of the molecule is C[C@@H]([C]=O)Nc1ccc(O)c(O)c1. The van der Waals surface area contributed by atoms with Crippen LogP contribution >= 0.6 is 0 Å². The highest BCUT2D eigenvalue weighted by Gasteiger charge is 2.03. The third-order valence-electron chi connectivity index (χ3n) is 1.54. The molecule has 0 aliphatic rings. The average Bonchev–Trinajstić information content (AvgIpc) is 2.11. The summed E-state index contributed by atoms with van der Waals surface area (Å²) in [5, 5.41) is 20.8. The fraction of sp³-hybridized carbons (Fsp3) is 0.222. The summed E-state index contributed by atoms with van der Waals surface area (Å²) in [7, 11) is 0. The first kappa shape index (κ1) is 9.38. The number of phenolic OH excluding ortho intramolecular Hbond substituents is 2. The Morgan fingerprint density at radius 1 is 1.38 bits per heavy atom. The minimum Gasteiger partial charge on any atom is -0.504 e. The van der Waals surface area contributed by atoms with Crippen molar-refractivity contribution in [2.45, 2.75) is 13.0 Å². The lowest BCUT2D eigenvalue weighted by atomic mass is 10.2. The maximum atomic E-state index is 10.2. The van der Waals surface area contributed by atoms with E-state index in [-0.39, 0.29) is 11.5 Å². The Bertz CT molecular complexity index is 312.